The van der Waals surface area contributed by atoms with Gasteiger partial charge < -0.3 is 10.2 Å². The number of aryl methyl sites for hydroxylation is 1. The molecule has 7 nitrogen and oxygen atoms in total. The number of sulfonamides is 1. The lowest BCUT2D eigenvalue weighted by Gasteiger charge is -2.35. The summed E-state index contributed by atoms with van der Waals surface area (Å²) in [6.45, 7) is 7.24. The SMILES string of the molecule is Cc1cccc(CN(C(=O)CN(c2cccc(Br)c2)S(=O)(=O)c2ccccc2)[C@@H](Cc2ccccc2)C(=O)NC(C)(C)C)c1. The Kier molecular flexibility index (Phi) is 10.7. The molecule has 44 heavy (non-hydrogen) atoms. The van der Waals surface area contributed by atoms with Gasteiger partial charge in [-0.05, 0) is 69.2 Å². The second-order valence-corrected chi connectivity index (χ2v) is 14.5. The van der Waals surface area contributed by atoms with Crippen LogP contribution in [-0.2, 0) is 32.6 Å². The van der Waals surface area contributed by atoms with Crippen molar-refractivity contribution in [3.63, 3.8) is 0 Å². The number of rotatable bonds is 11. The van der Waals surface area contributed by atoms with Gasteiger partial charge in [0.25, 0.3) is 10.0 Å². The van der Waals surface area contributed by atoms with Gasteiger partial charge in [0.1, 0.15) is 12.6 Å². The summed E-state index contributed by atoms with van der Waals surface area (Å²) in [5, 5.41) is 3.05. The third-order valence-electron chi connectivity index (χ3n) is 6.91. The van der Waals surface area contributed by atoms with Gasteiger partial charge in [-0.3, -0.25) is 13.9 Å². The van der Waals surface area contributed by atoms with Crippen LogP contribution < -0.4 is 9.62 Å². The first kappa shape index (κ1) is 33.0. The fraction of sp³-hybridized carbons (Fsp3) is 0.257. The molecular weight excluding hydrogens is 638 g/mol. The van der Waals surface area contributed by atoms with Gasteiger partial charge in [0.05, 0.1) is 10.6 Å². The molecule has 1 N–H and O–H groups in total. The van der Waals surface area contributed by atoms with Gasteiger partial charge in [-0.2, -0.15) is 0 Å². The Hall–Kier alpha value is -3.95. The number of anilines is 1. The quantitative estimate of drug-likeness (QED) is 0.196. The predicted octanol–water partition coefficient (Wildman–Crippen LogP) is 6.51. The van der Waals surface area contributed by atoms with E-state index in [0.717, 1.165) is 21.0 Å². The van der Waals surface area contributed by atoms with Crippen molar-refractivity contribution in [1.29, 1.82) is 0 Å². The zero-order valence-electron chi connectivity index (χ0n) is 25.4. The van der Waals surface area contributed by atoms with Crippen molar-refractivity contribution in [1.82, 2.24) is 10.2 Å². The van der Waals surface area contributed by atoms with E-state index in [0.29, 0.717) is 10.2 Å². The molecule has 0 fully saturated rings. The van der Waals surface area contributed by atoms with Crippen molar-refractivity contribution in [2.75, 3.05) is 10.8 Å². The summed E-state index contributed by atoms with van der Waals surface area (Å²) < 4.78 is 29.9. The van der Waals surface area contributed by atoms with E-state index in [1.807, 2.05) is 82.3 Å². The fourth-order valence-electron chi connectivity index (χ4n) is 4.89. The molecule has 0 saturated carbocycles. The molecule has 0 spiro atoms. The summed E-state index contributed by atoms with van der Waals surface area (Å²) in [5.74, 6) is -0.821. The van der Waals surface area contributed by atoms with Gasteiger partial charge in [0, 0.05) is 23.0 Å². The molecule has 4 aromatic rings. The minimum absolute atomic E-state index is 0.0596. The Morgan fingerprint density at radius 2 is 1.43 bits per heavy atom. The molecule has 0 saturated heterocycles. The van der Waals surface area contributed by atoms with E-state index in [1.54, 1.807) is 42.5 Å². The Balaban J connectivity index is 1.82. The lowest BCUT2D eigenvalue weighted by molar-refractivity contribution is -0.140. The first-order chi connectivity index (χ1) is 20.8. The largest absolute Gasteiger partial charge is 0.350 e. The van der Waals surface area contributed by atoms with Crippen LogP contribution >= 0.6 is 15.9 Å². The fourth-order valence-corrected chi connectivity index (χ4v) is 6.71. The minimum Gasteiger partial charge on any atom is -0.350 e. The summed E-state index contributed by atoms with van der Waals surface area (Å²) in [6, 6.07) is 31.2. The number of nitrogens with zero attached hydrogens (tertiary/aromatic N) is 2. The number of carbonyl (C=O) groups excluding carboxylic acids is 2. The molecular formula is C35H38BrN3O4S. The number of amides is 2. The zero-order valence-corrected chi connectivity index (χ0v) is 27.8. The van der Waals surface area contributed by atoms with Gasteiger partial charge in [-0.25, -0.2) is 8.42 Å². The van der Waals surface area contributed by atoms with Gasteiger partial charge in [-0.15, -0.1) is 0 Å². The molecule has 4 rings (SSSR count). The van der Waals surface area contributed by atoms with E-state index in [2.05, 4.69) is 21.2 Å². The lowest BCUT2D eigenvalue weighted by Crippen LogP contribution is -2.56. The molecule has 4 aromatic carbocycles. The molecule has 0 heterocycles. The van der Waals surface area contributed by atoms with Crippen molar-refractivity contribution < 1.29 is 18.0 Å². The van der Waals surface area contributed by atoms with Crippen LogP contribution in [0.4, 0.5) is 5.69 Å². The van der Waals surface area contributed by atoms with E-state index < -0.39 is 34.1 Å². The standard InChI is InChI=1S/C35H38BrN3O4S/c1-26-13-11-16-28(21-26)24-38(32(34(41)37-35(2,3)4)22-27-14-7-5-8-15-27)33(40)25-39(30-18-12-17-29(36)23-30)44(42,43)31-19-9-6-10-20-31/h5-21,23,32H,22,24-25H2,1-4H3,(H,37,41)/t32-/m0/s1. The Morgan fingerprint density at radius 1 is 0.818 bits per heavy atom. The summed E-state index contributed by atoms with van der Waals surface area (Å²) in [7, 11) is -4.15. The van der Waals surface area contributed by atoms with Crippen LogP contribution in [0.25, 0.3) is 0 Å². The first-order valence-electron chi connectivity index (χ1n) is 14.4. The highest BCUT2D eigenvalue weighted by molar-refractivity contribution is 9.10. The number of benzene rings is 4. The number of hydrogen-bond donors (Lipinski definition) is 1. The second kappa shape index (κ2) is 14.2. The third-order valence-corrected chi connectivity index (χ3v) is 9.19. The molecule has 2 amide bonds. The van der Waals surface area contributed by atoms with Crippen LogP contribution in [0.1, 0.15) is 37.5 Å². The number of hydrogen-bond acceptors (Lipinski definition) is 4. The van der Waals surface area contributed by atoms with Crippen LogP contribution in [0.2, 0.25) is 0 Å². The number of halogens is 1. The van der Waals surface area contributed by atoms with E-state index in [-0.39, 0.29) is 23.8 Å². The highest BCUT2D eigenvalue weighted by Gasteiger charge is 2.35. The van der Waals surface area contributed by atoms with Crippen LogP contribution in [0.15, 0.2) is 119 Å². The van der Waals surface area contributed by atoms with Crippen molar-refractivity contribution in [2.24, 2.45) is 0 Å². The van der Waals surface area contributed by atoms with Crippen LogP contribution in [0.5, 0.6) is 0 Å². The van der Waals surface area contributed by atoms with Crippen molar-refractivity contribution in [2.45, 2.75) is 57.1 Å². The average molecular weight is 677 g/mol. The van der Waals surface area contributed by atoms with Crippen LogP contribution in [-0.4, -0.2) is 43.3 Å². The minimum atomic E-state index is -4.15. The van der Waals surface area contributed by atoms with Gasteiger partial charge >= 0.3 is 0 Å². The smallest absolute Gasteiger partial charge is 0.264 e. The third kappa shape index (κ3) is 8.80. The monoisotopic (exact) mass is 675 g/mol. The van der Waals surface area contributed by atoms with Crippen LogP contribution in [0.3, 0.4) is 0 Å². The van der Waals surface area contributed by atoms with E-state index >= 15 is 0 Å². The maximum atomic E-state index is 14.5. The maximum absolute atomic E-state index is 14.5. The Bertz CT molecular complexity index is 1690. The highest BCUT2D eigenvalue weighted by Crippen LogP contribution is 2.27. The van der Waals surface area contributed by atoms with E-state index in [9.17, 15) is 18.0 Å². The topological polar surface area (TPSA) is 86.8 Å². The summed E-state index contributed by atoms with van der Waals surface area (Å²) >= 11 is 3.44. The zero-order chi connectivity index (χ0) is 31.9. The Labute approximate surface area is 269 Å². The summed E-state index contributed by atoms with van der Waals surface area (Å²) in [5.41, 5.74) is 2.49. The predicted molar refractivity (Wildman–Crippen MR) is 179 cm³/mol. The van der Waals surface area contributed by atoms with Gasteiger partial charge in [-0.1, -0.05) is 100 Å². The highest BCUT2D eigenvalue weighted by atomic mass is 79.9. The molecule has 0 unspecified atom stereocenters. The second-order valence-electron chi connectivity index (χ2n) is 11.8. The lowest BCUT2D eigenvalue weighted by atomic mass is 10.0. The van der Waals surface area contributed by atoms with Crippen molar-refractivity contribution >= 4 is 43.5 Å². The average Bonchev–Trinajstić information content (AvgIpc) is 2.97. The molecule has 0 aliphatic carbocycles. The Morgan fingerprint density at radius 3 is 2.05 bits per heavy atom. The summed E-state index contributed by atoms with van der Waals surface area (Å²) in [6.07, 6.45) is 0.253. The van der Waals surface area contributed by atoms with E-state index in [1.165, 1.54) is 17.0 Å². The van der Waals surface area contributed by atoms with Gasteiger partial charge in [0.15, 0.2) is 0 Å². The molecule has 1 atom stereocenters. The molecule has 0 radical (unpaired) electrons. The molecule has 0 aromatic heterocycles. The molecule has 0 aliphatic heterocycles. The molecule has 9 heteroatoms. The summed E-state index contributed by atoms with van der Waals surface area (Å²) in [4.78, 5) is 30.0. The molecule has 230 valence electrons. The molecule has 0 aliphatic rings. The maximum Gasteiger partial charge on any atom is 0.264 e. The first-order valence-corrected chi connectivity index (χ1v) is 16.6. The van der Waals surface area contributed by atoms with Gasteiger partial charge in [0.2, 0.25) is 11.8 Å². The van der Waals surface area contributed by atoms with Crippen molar-refractivity contribution in [3.05, 3.63) is 130 Å². The normalized spacial score (nSPS) is 12.3. The van der Waals surface area contributed by atoms with Crippen molar-refractivity contribution in [3.8, 4) is 0 Å². The number of nitrogens with one attached hydrogen (secondary N) is 1. The molecule has 0 bridgehead atoms. The van der Waals surface area contributed by atoms with E-state index in [4.69, 9.17) is 0 Å². The van der Waals surface area contributed by atoms with Crippen LogP contribution in [0, 0.1) is 6.92 Å². The number of carbonyl (C=O) groups is 2.